The topological polar surface area (TPSA) is 112 Å². The van der Waals surface area contributed by atoms with E-state index in [1.807, 2.05) is 0 Å². The van der Waals surface area contributed by atoms with E-state index in [-0.39, 0.29) is 12.5 Å². The number of pyridine rings is 2. The normalized spacial score (nSPS) is 17.1. The zero-order valence-corrected chi connectivity index (χ0v) is 18.4. The molecule has 5 rings (SSSR count). The highest BCUT2D eigenvalue weighted by Gasteiger charge is 2.33. The molecule has 0 unspecified atom stereocenters. The minimum absolute atomic E-state index is 0.180. The lowest BCUT2D eigenvalue weighted by Crippen LogP contribution is -2.33. The van der Waals surface area contributed by atoms with Crippen LogP contribution in [0.1, 0.15) is 5.56 Å². The van der Waals surface area contributed by atoms with E-state index in [0.717, 1.165) is 5.56 Å². The summed E-state index contributed by atoms with van der Waals surface area (Å²) in [5.74, 6) is 1.38. The number of benzene rings is 1. The number of hydrogen-bond acceptors (Lipinski definition) is 8. The summed E-state index contributed by atoms with van der Waals surface area (Å²) in [5, 5.41) is 2.77. The first-order chi connectivity index (χ1) is 16.6. The molecule has 2 aliphatic heterocycles. The van der Waals surface area contributed by atoms with E-state index in [4.69, 9.17) is 18.9 Å². The molecule has 2 amide bonds. The molecular weight excluding hydrogens is 440 g/mol. The van der Waals surface area contributed by atoms with Gasteiger partial charge < -0.3 is 24.3 Å². The molecule has 0 aliphatic carbocycles. The van der Waals surface area contributed by atoms with Gasteiger partial charge in [0.25, 0.3) is 0 Å². The van der Waals surface area contributed by atoms with Crippen molar-refractivity contribution < 1.29 is 28.5 Å². The zero-order chi connectivity index (χ0) is 23.5. The summed E-state index contributed by atoms with van der Waals surface area (Å²) in [6, 6.07) is 10.6. The number of anilines is 1. The van der Waals surface area contributed by atoms with Crippen LogP contribution in [0.5, 0.6) is 17.4 Å². The number of aromatic nitrogens is 2. The number of cyclic esters (lactones) is 1. The van der Waals surface area contributed by atoms with Crippen LogP contribution in [0.15, 0.2) is 48.7 Å². The number of carbonyl (C=O) groups excluding carboxylic acids is 2. The highest BCUT2D eigenvalue weighted by molar-refractivity contribution is 5.95. The Balaban J connectivity index is 1.20. The van der Waals surface area contributed by atoms with Crippen LogP contribution in [0.25, 0.3) is 17.1 Å². The maximum Gasteiger partial charge on any atom is 0.414 e. The molecule has 10 nitrogen and oxygen atoms in total. The lowest BCUT2D eigenvalue weighted by atomic mass is 10.2. The average Bonchev–Trinajstić information content (AvgIpc) is 3.25. The summed E-state index contributed by atoms with van der Waals surface area (Å²) in [7, 11) is 1.54. The molecule has 2 aliphatic rings. The molecule has 1 N–H and O–H groups in total. The third-order valence-electron chi connectivity index (χ3n) is 5.43. The summed E-state index contributed by atoms with van der Waals surface area (Å²) in [6.45, 7) is 1.44. The SMILES string of the molecule is COc1ccc2nccc(/C=C/C(=O)NC[C@H]3CN(c4ccc5c(c4)OCCO5)C(=O)O3)c2n1. The van der Waals surface area contributed by atoms with Gasteiger partial charge in [0.2, 0.25) is 11.8 Å². The molecule has 34 heavy (non-hydrogen) atoms. The molecule has 4 heterocycles. The first-order valence-corrected chi connectivity index (χ1v) is 10.7. The number of amides is 2. The highest BCUT2D eigenvalue weighted by Crippen LogP contribution is 2.35. The number of rotatable bonds is 6. The van der Waals surface area contributed by atoms with Crippen LogP contribution >= 0.6 is 0 Å². The monoisotopic (exact) mass is 462 g/mol. The molecule has 2 aromatic heterocycles. The third kappa shape index (κ3) is 4.42. The van der Waals surface area contributed by atoms with E-state index >= 15 is 0 Å². The van der Waals surface area contributed by atoms with Crippen molar-refractivity contribution >= 4 is 34.8 Å². The fourth-order valence-corrected chi connectivity index (χ4v) is 3.75. The largest absolute Gasteiger partial charge is 0.486 e. The number of methoxy groups -OCH3 is 1. The maximum absolute atomic E-state index is 12.4. The van der Waals surface area contributed by atoms with E-state index in [0.29, 0.717) is 53.9 Å². The van der Waals surface area contributed by atoms with Crippen molar-refractivity contribution in [1.82, 2.24) is 15.3 Å². The van der Waals surface area contributed by atoms with Crippen molar-refractivity contribution in [3.63, 3.8) is 0 Å². The molecule has 3 aromatic rings. The van der Waals surface area contributed by atoms with Gasteiger partial charge in [-0.2, -0.15) is 0 Å². The Labute approximate surface area is 195 Å². The number of fused-ring (bicyclic) bond motifs is 2. The molecule has 0 radical (unpaired) electrons. The molecule has 1 atom stereocenters. The molecule has 0 saturated carbocycles. The predicted molar refractivity (Wildman–Crippen MR) is 123 cm³/mol. The third-order valence-corrected chi connectivity index (χ3v) is 5.43. The lowest BCUT2D eigenvalue weighted by molar-refractivity contribution is -0.116. The van der Waals surface area contributed by atoms with E-state index in [1.54, 1.807) is 48.7 Å². The van der Waals surface area contributed by atoms with Crippen LogP contribution < -0.4 is 24.4 Å². The number of nitrogens with one attached hydrogen (secondary N) is 1. The zero-order valence-electron chi connectivity index (χ0n) is 18.4. The smallest absolute Gasteiger partial charge is 0.414 e. The Morgan fingerprint density at radius 2 is 2.06 bits per heavy atom. The van der Waals surface area contributed by atoms with Gasteiger partial charge in [-0.05, 0) is 30.3 Å². The van der Waals surface area contributed by atoms with Crippen LogP contribution in [0.3, 0.4) is 0 Å². The molecule has 1 aromatic carbocycles. The minimum atomic E-state index is -0.481. The summed E-state index contributed by atoms with van der Waals surface area (Å²) >= 11 is 0. The summed E-state index contributed by atoms with van der Waals surface area (Å²) in [5.41, 5.74) is 2.71. The Bertz CT molecular complexity index is 1280. The fourth-order valence-electron chi connectivity index (χ4n) is 3.75. The lowest BCUT2D eigenvalue weighted by Gasteiger charge is -2.21. The number of ether oxygens (including phenoxy) is 4. The second-order valence-electron chi connectivity index (χ2n) is 7.64. The van der Waals surface area contributed by atoms with Crippen LogP contribution in [0.2, 0.25) is 0 Å². The molecule has 10 heteroatoms. The van der Waals surface area contributed by atoms with Crippen LogP contribution in [-0.4, -0.2) is 61.5 Å². The Kier molecular flexibility index (Phi) is 5.86. The Morgan fingerprint density at radius 1 is 1.21 bits per heavy atom. The van der Waals surface area contributed by atoms with Crippen LogP contribution in [-0.2, 0) is 9.53 Å². The number of hydrogen-bond donors (Lipinski definition) is 1. The van der Waals surface area contributed by atoms with E-state index < -0.39 is 12.2 Å². The second-order valence-corrected chi connectivity index (χ2v) is 7.64. The predicted octanol–water partition coefficient (Wildman–Crippen LogP) is 2.56. The van der Waals surface area contributed by atoms with Gasteiger partial charge in [0.05, 0.1) is 36.9 Å². The first-order valence-electron chi connectivity index (χ1n) is 10.7. The highest BCUT2D eigenvalue weighted by atomic mass is 16.6. The summed E-state index contributed by atoms with van der Waals surface area (Å²) < 4.78 is 21.7. The van der Waals surface area contributed by atoms with Gasteiger partial charge in [0.1, 0.15) is 19.3 Å². The van der Waals surface area contributed by atoms with Crippen molar-refractivity contribution in [2.24, 2.45) is 0 Å². The standard InChI is InChI=1S/C24H22N4O6/c1-31-22-7-4-18-23(27-22)15(8-9-25-18)2-6-21(29)26-13-17-14-28(24(30)34-17)16-3-5-19-20(12-16)33-11-10-32-19/h2-9,12,17H,10-11,13-14H2,1H3,(H,26,29)/b6-2+/t17-/m0/s1. The van der Waals surface area contributed by atoms with Crippen LogP contribution in [0.4, 0.5) is 10.5 Å². The van der Waals surface area contributed by atoms with Crippen LogP contribution in [0, 0.1) is 0 Å². The molecule has 0 bridgehead atoms. The number of nitrogens with zero attached hydrogens (tertiary/aromatic N) is 3. The van der Waals surface area contributed by atoms with Gasteiger partial charge in [-0.3, -0.25) is 14.7 Å². The first kappa shape index (κ1) is 21.5. The Morgan fingerprint density at radius 3 is 2.91 bits per heavy atom. The minimum Gasteiger partial charge on any atom is -0.486 e. The van der Waals surface area contributed by atoms with Crippen molar-refractivity contribution in [3.05, 3.63) is 54.2 Å². The molecule has 1 fully saturated rings. The van der Waals surface area contributed by atoms with Crippen molar-refractivity contribution in [3.8, 4) is 17.4 Å². The van der Waals surface area contributed by atoms with E-state index in [9.17, 15) is 9.59 Å². The van der Waals surface area contributed by atoms with Gasteiger partial charge in [-0.25, -0.2) is 9.78 Å². The molecular formula is C24H22N4O6. The molecule has 1 saturated heterocycles. The van der Waals surface area contributed by atoms with Gasteiger partial charge in [-0.1, -0.05) is 0 Å². The van der Waals surface area contributed by atoms with Gasteiger partial charge >= 0.3 is 6.09 Å². The van der Waals surface area contributed by atoms with Crippen molar-refractivity contribution in [2.45, 2.75) is 6.10 Å². The quantitative estimate of drug-likeness (QED) is 0.557. The molecule has 174 valence electrons. The summed E-state index contributed by atoms with van der Waals surface area (Å²) in [4.78, 5) is 34.9. The van der Waals surface area contributed by atoms with Gasteiger partial charge in [0.15, 0.2) is 11.5 Å². The average molecular weight is 462 g/mol. The van der Waals surface area contributed by atoms with Crippen molar-refractivity contribution in [2.75, 3.05) is 38.3 Å². The maximum atomic E-state index is 12.4. The van der Waals surface area contributed by atoms with E-state index in [2.05, 4.69) is 15.3 Å². The molecule has 0 spiro atoms. The Hall–Kier alpha value is -4.34. The van der Waals surface area contributed by atoms with Gasteiger partial charge in [0, 0.05) is 30.0 Å². The van der Waals surface area contributed by atoms with E-state index in [1.165, 1.54) is 18.1 Å². The fraction of sp³-hybridized carbons (Fsp3) is 0.250. The van der Waals surface area contributed by atoms with Gasteiger partial charge in [-0.15, -0.1) is 0 Å². The summed E-state index contributed by atoms with van der Waals surface area (Å²) in [6.07, 6.45) is 3.76. The van der Waals surface area contributed by atoms with Crippen molar-refractivity contribution in [1.29, 1.82) is 0 Å². The number of carbonyl (C=O) groups is 2. The second kappa shape index (κ2) is 9.26.